The fourth-order valence-electron chi connectivity index (χ4n) is 3.84. The van der Waals surface area contributed by atoms with Crippen LogP contribution in [-0.4, -0.2) is 62.1 Å². The molecule has 3 aromatic rings. The molecule has 10 heteroatoms. The Morgan fingerprint density at radius 2 is 1.94 bits per heavy atom. The first kappa shape index (κ1) is 21.8. The van der Waals surface area contributed by atoms with E-state index in [1.807, 2.05) is 6.07 Å². The SMILES string of the molecule is CN(CCO)C(=O)Cn1cc(-c2nnc(NC3CCCC3)c3cc(Cl)c(Cl)cc23)cn1. The second-order valence-electron chi connectivity index (χ2n) is 7.80. The highest BCUT2D eigenvalue weighted by molar-refractivity contribution is 6.43. The number of nitrogens with zero attached hydrogens (tertiary/aromatic N) is 5. The lowest BCUT2D eigenvalue weighted by Gasteiger charge is -2.16. The van der Waals surface area contributed by atoms with E-state index in [-0.39, 0.29) is 25.6 Å². The molecule has 0 spiro atoms. The zero-order chi connectivity index (χ0) is 22.0. The number of hydrogen-bond donors (Lipinski definition) is 2. The van der Waals surface area contributed by atoms with E-state index >= 15 is 0 Å². The van der Waals surface area contributed by atoms with E-state index in [1.54, 1.807) is 30.2 Å². The zero-order valence-electron chi connectivity index (χ0n) is 17.2. The molecule has 164 valence electrons. The van der Waals surface area contributed by atoms with Crippen molar-refractivity contribution in [1.82, 2.24) is 24.9 Å². The number of carbonyl (C=O) groups is 1. The number of aliphatic hydroxyl groups excluding tert-OH is 1. The summed E-state index contributed by atoms with van der Waals surface area (Å²) in [5, 5.41) is 28.2. The fraction of sp³-hybridized carbons (Fsp3) is 0.429. The highest BCUT2D eigenvalue weighted by Gasteiger charge is 2.20. The lowest BCUT2D eigenvalue weighted by molar-refractivity contribution is -0.131. The molecule has 1 amide bonds. The Labute approximate surface area is 190 Å². The molecule has 2 heterocycles. The van der Waals surface area contributed by atoms with Crippen LogP contribution in [0.25, 0.3) is 22.0 Å². The quantitative estimate of drug-likeness (QED) is 0.556. The van der Waals surface area contributed by atoms with Crippen LogP contribution in [0, 0.1) is 0 Å². The van der Waals surface area contributed by atoms with Crippen molar-refractivity contribution in [3.8, 4) is 11.3 Å². The molecule has 0 aliphatic heterocycles. The Balaban J connectivity index is 1.67. The summed E-state index contributed by atoms with van der Waals surface area (Å²) in [5.74, 6) is 0.544. The molecule has 2 aromatic heterocycles. The monoisotopic (exact) mass is 462 g/mol. The minimum absolute atomic E-state index is 0.0652. The Morgan fingerprint density at radius 1 is 1.23 bits per heavy atom. The molecule has 0 atom stereocenters. The van der Waals surface area contributed by atoms with Gasteiger partial charge >= 0.3 is 0 Å². The van der Waals surface area contributed by atoms with Crippen molar-refractivity contribution >= 4 is 45.7 Å². The fourth-order valence-corrected chi connectivity index (χ4v) is 4.16. The largest absolute Gasteiger partial charge is 0.395 e. The number of aliphatic hydroxyl groups is 1. The molecule has 2 N–H and O–H groups in total. The molecule has 1 aromatic carbocycles. The van der Waals surface area contributed by atoms with E-state index in [0.29, 0.717) is 27.6 Å². The standard InChI is InChI=1S/C21H24Cl2N6O2/c1-28(6-7-30)19(31)12-29-11-13(10-24-29)20-15-8-17(22)18(23)9-16(15)21(27-26-20)25-14-4-2-3-5-14/h8-11,14,30H,2-7,12H2,1H3,(H,25,27). The van der Waals surface area contributed by atoms with Gasteiger partial charge in [-0.25, -0.2) is 0 Å². The molecule has 0 bridgehead atoms. The maximum atomic E-state index is 12.2. The van der Waals surface area contributed by atoms with Gasteiger partial charge in [0.15, 0.2) is 5.82 Å². The third-order valence-electron chi connectivity index (χ3n) is 5.58. The van der Waals surface area contributed by atoms with Gasteiger partial charge in [0.25, 0.3) is 0 Å². The first-order valence-corrected chi connectivity index (χ1v) is 11.0. The number of hydrogen-bond acceptors (Lipinski definition) is 6. The number of rotatable bonds is 7. The van der Waals surface area contributed by atoms with Gasteiger partial charge in [-0.3, -0.25) is 9.48 Å². The van der Waals surface area contributed by atoms with Crippen LogP contribution in [0.1, 0.15) is 25.7 Å². The molecule has 1 fully saturated rings. The molecule has 1 aliphatic rings. The summed E-state index contributed by atoms with van der Waals surface area (Å²) in [6.07, 6.45) is 8.03. The van der Waals surface area contributed by atoms with Crippen LogP contribution in [0.2, 0.25) is 10.0 Å². The van der Waals surface area contributed by atoms with E-state index in [0.717, 1.165) is 29.2 Å². The average molecular weight is 463 g/mol. The van der Waals surface area contributed by atoms with Gasteiger partial charge < -0.3 is 15.3 Å². The highest BCUT2D eigenvalue weighted by atomic mass is 35.5. The predicted molar refractivity (Wildman–Crippen MR) is 121 cm³/mol. The Hall–Kier alpha value is -2.42. The summed E-state index contributed by atoms with van der Waals surface area (Å²) in [6, 6.07) is 3.98. The Bertz CT molecular complexity index is 1100. The number of halogens is 2. The highest BCUT2D eigenvalue weighted by Crippen LogP contribution is 2.36. The van der Waals surface area contributed by atoms with Crippen molar-refractivity contribution in [1.29, 1.82) is 0 Å². The van der Waals surface area contributed by atoms with Crippen molar-refractivity contribution in [2.24, 2.45) is 0 Å². The van der Waals surface area contributed by atoms with Crippen molar-refractivity contribution < 1.29 is 9.90 Å². The van der Waals surface area contributed by atoms with Crippen molar-refractivity contribution in [3.05, 3.63) is 34.6 Å². The van der Waals surface area contributed by atoms with Crippen molar-refractivity contribution in [3.63, 3.8) is 0 Å². The molecule has 0 unspecified atom stereocenters. The van der Waals surface area contributed by atoms with Crippen LogP contribution >= 0.6 is 23.2 Å². The van der Waals surface area contributed by atoms with Gasteiger partial charge in [-0.05, 0) is 25.0 Å². The summed E-state index contributed by atoms with van der Waals surface area (Å²) < 4.78 is 1.54. The van der Waals surface area contributed by atoms with Crippen LogP contribution in [-0.2, 0) is 11.3 Å². The number of amides is 1. The van der Waals surface area contributed by atoms with Crippen LogP contribution < -0.4 is 5.32 Å². The molecule has 1 saturated carbocycles. The van der Waals surface area contributed by atoms with Gasteiger partial charge in [0.2, 0.25) is 5.91 Å². The smallest absolute Gasteiger partial charge is 0.244 e. The first-order valence-electron chi connectivity index (χ1n) is 10.3. The Kier molecular flexibility index (Phi) is 6.60. The Morgan fingerprint density at radius 3 is 2.65 bits per heavy atom. The third kappa shape index (κ3) is 4.76. The predicted octanol–water partition coefficient (Wildman–Crippen LogP) is 3.61. The van der Waals surface area contributed by atoms with Gasteiger partial charge in [0.1, 0.15) is 12.2 Å². The zero-order valence-corrected chi connectivity index (χ0v) is 18.7. The maximum Gasteiger partial charge on any atom is 0.244 e. The molecule has 8 nitrogen and oxygen atoms in total. The van der Waals surface area contributed by atoms with E-state index < -0.39 is 0 Å². The minimum atomic E-state index is -0.148. The molecule has 31 heavy (non-hydrogen) atoms. The summed E-state index contributed by atoms with van der Waals surface area (Å²) in [7, 11) is 1.64. The molecule has 0 radical (unpaired) electrons. The van der Waals surface area contributed by atoms with E-state index in [4.69, 9.17) is 28.3 Å². The van der Waals surface area contributed by atoms with Gasteiger partial charge in [0.05, 0.1) is 22.8 Å². The minimum Gasteiger partial charge on any atom is -0.395 e. The summed E-state index contributed by atoms with van der Waals surface area (Å²) in [4.78, 5) is 13.7. The lowest BCUT2D eigenvalue weighted by Crippen LogP contribution is -2.32. The van der Waals surface area contributed by atoms with Crippen LogP contribution in [0.3, 0.4) is 0 Å². The van der Waals surface area contributed by atoms with Crippen molar-refractivity contribution in [2.45, 2.75) is 38.3 Å². The molecule has 4 rings (SSSR count). The summed E-state index contributed by atoms with van der Waals surface area (Å²) >= 11 is 12.6. The van der Waals surface area contributed by atoms with Crippen LogP contribution in [0.5, 0.6) is 0 Å². The molecule has 1 aliphatic carbocycles. The number of benzene rings is 1. The van der Waals surface area contributed by atoms with Gasteiger partial charge in [-0.1, -0.05) is 36.0 Å². The number of carbonyl (C=O) groups excluding carboxylic acids is 1. The van der Waals surface area contributed by atoms with Crippen molar-refractivity contribution in [2.75, 3.05) is 25.5 Å². The molecular formula is C21H24Cl2N6O2. The van der Waals surface area contributed by atoms with Crippen LogP contribution in [0.4, 0.5) is 5.82 Å². The van der Waals surface area contributed by atoms with E-state index in [1.165, 1.54) is 17.7 Å². The summed E-state index contributed by atoms with van der Waals surface area (Å²) in [5.41, 5.74) is 1.34. The van der Waals surface area contributed by atoms with Crippen LogP contribution in [0.15, 0.2) is 24.5 Å². The number of nitrogens with one attached hydrogen (secondary N) is 1. The van der Waals surface area contributed by atoms with Gasteiger partial charge in [0, 0.05) is 42.2 Å². The van der Waals surface area contributed by atoms with E-state index in [2.05, 4.69) is 20.6 Å². The number of aromatic nitrogens is 4. The second-order valence-corrected chi connectivity index (χ2v) is 8.61. The molecule has 0 saturated heterocycles. The average Bonchev–Trinajstić information content (AvgIpc) is 3.42. The summed E-state index contributed by atoms with van der Waals surface area (Å²) in [6.45, 7) is 0.256. The number of fused-ring (bicyclic) bond motifs is 1. The number of likely N-dealkylation sites (N-methyl/N-ethyl adjacent to an activating group) is 1. The second kappa shape index (κ2) is 9.38. The van der Waals surface area contributed by atoms with Gasteiger partial charge in [-0.2, -0.15) is 5.10 Å². The third-order valence-corrected chi connectivity index (χ3v) is 6.30. The number of anilines is 1. The topological polar surface area (TPSA) is 96.2 Å². The first-order chi connectivity index (χ1) is 15.0. The maximum absolute atomic E-state index is 12.2. The van der Waals surface area contributed by atoms with Gasteiger partial charge in [-0.15, -0.1) is 10.2 Å². The molecular weight excluding hydrogens is 439 g/mol. The van der Waals surface area contributed by atoms with E-state index in [9.17, 15) is 4.79 Å². The lowest BCUT2D eigenvalue weighted by atomic mass is 10.1. The normalized spacial score (nSPS) is 14.3.